The minimum absolute atomic E-state index is 0.287. The van der Waals surface area contributed by atoms with Crippen molar-refractivity contribution in [3.05, 3.63) is 58.3 Å². The smallest absolute Gasteiger partial charge is 0.340 e. The van der Waals surface area contributed by atoms with E-state index in [-0.39, 0.29) is 18.1 Å². The van der Waals surface area contributed by atoms with E-state index in [4.69, 9.17) is 4.74 Å². The molecule has 24 heavy (non-hydrogen) atoms. The highest BCUT2D eigenvalue weighted by molar-refractivity contribution is 9.10. The summed E-state index contributed by atoms with van der Waals surface area (Å²) >= 11 is 3.23. The van der Waals surface area contributed by atoms with Gasteiger partial charge in [-0.05, 0) is 52.0 Å². The van der Waals surface area contributed by atoms with Crippen molar-refractivity contribution >= 4 is 33.5 Å². The number of amides is 1. The summed E-state index contributed by atoms with van der Waals surface area (Å²) in [7, 11) is 0. The van der Waals surface area contributed by atoms with Gasteiger partial charge in [-0.3, -0.25) is 9.78 Å². The van der Waals surface area contributed by atoms with Crippen LogP contribution in [0.1, 0.15) is 42.1 Å². The minimum Gasteiger partial charge on any atom is -0.452 e. The fourth-order valence-electron chi connectivity index (χ4n) is 2.07. The van der Waals surface area contributed by atoms with Crippen molar-refractivity contribution in [2.75, 3.05) is 11.9 Å². The lowest BCUT2D eigenvalue weighted by atomic mass is 9.99. The van der Waals surface area contributed by atoms with Gasteiger partial charge in [0, 0.05) is 22.6 Å². The van der Waals surface area contributed by atoms with E-state index in [1.807, 2.05) is 24.3 Å². The van der Waals surface area contributed by atoms with E-state index in [9.17, 15) is 9.59 Å². The Kier molecular flexibility index (Phi) is 6.49. The number of aromatic nitrogens is 1. The predicted molar refractivity (Wildman–Crippen MR) is 96.0 cm³/mol. The van der Waals surface area contributed by atoms with Gasteiger partial charge < -0.3 is 10.1 Å². The van der Waals surface area contributed by atoms with Crippen LogP contribution < -0.4 is 5.32 Å². The summed E-state index contributed by atoms with van der Waals surface area (Å²) in [5, 5.41) is 2.70. The third-order valence-corrected chi connectivity index (χ3v) is 4.08. The number of ether oxygens (including phenoxy) is 1. The molecule has 0 aliphatic rings. The van der Waals surface area contributed by atoms with Crippen LogP contribution in [0.2, 0.25) is 0 Å². The molecule has 5 nitrogen and oxygen atoms in total. The molecule has 0 spiro atoms. The molecular weight excluding hydrogens is 372 g/mol. The van der Waals surface area contributed by atoms with Crippen molar-refractivity contribution in [3.8, 4) is 0 Å². The number of hydrogen-bond acceptors (Lipinski definition) is 4. The lowest BCUT2D eigenvalue weighted by Crippen LogP contribution is -2.21. The molecule has 0 fully saturated rings. The molecule has 0 saturated carbocycles. The number of benzene rings is 1. The fraction of sp³-hybridized carbons (Fsp3) is 0.278. The number of carbonyl (C=O) groups excluding carboxylic acids is 2. The largest absolute Gasteiger partial charge is 0.452 e. The van der Waals surface area contributed by atoms with Crippen molar-refractivity contribution in [1.29, 1.82) is 0 Å². The van der Waals surface area contributed by atoms with Crippen molar-refractivity contribution in [2.24, 2.45) is 0 Å². The SMILES string of the molecule is CCC(C)c1ccc(NC(=O)COC(=O)c2cncc(Br)c2)cc1. The molecule has 126 valence electrons. The van der Waals surface area contributed by atoms with Gasteiger partial charge in [-0.2, -0.15) is 0 Å². The van der Waals surface area contributed by atoms with E-state index in [2.05, 4.69) is 40.1 Å². The molecule has 0 aliphatic carbocycles. The Morgan fingerprint density at radius 3 is 2.58 bits per heavy atom. The lowest BCUT2D eigenvalue weighted by molar-refractivity contribution is -0.119. The van der Waals surface area contributed by atoms with Crippen LogP contribution in [-0.2, 0) is 9.53 Å². The number of nitrogens with zero attached hydrogens (tertiary/aromatic N) is 1. The number of halogens is 1. The molecule has 1 heterocycles. The predicted octanol–water partition coefficient (Wildman–Crippen LogP) is 4.15. The van der Waals surface area contributed by atoms with Gasteiger partial charge in [0.25, 0.3) is 5.91 Å². The van der Waals surface area contributed by atoms with Gasteiger partial charge in [0.15, 0.2) is 6.61 Å². The van der Waals surface area contributed by atoms with Crippen molar-refractivity contribution < 1.29 is 14.3 Å². The second-order valence-electron chi connectivity index (χ2n) is 5.45. The highest BCUT2D eigenvalue weighted by Crippen LogP contribution is 2.20. The summed E-state index contributed by atoms with van der Waals surface area (Å²) in [5.74, 6) is -0.497. The monoisotopic (exact) mass is 390 g/mol. The molecule has 1 atom stereocenters. The standard InChI is InChI=1S/C18H19BrN2O3/c1-3-12(2)13-4-6-16(7-5-13)21-17(22)11-24-18(23)14-8-15(19)10-20-9-14/h4-10,12H,3,11H2,1-2H3,(H,21,22). The van der Waals surface area contributed by atoms with Gasteiger partial charge in [-0.25, -0.2) is 4.79 Å². The minimum atomic E-state index is -0.592. The Labute approximate surface area is 149 Å². The Bertz CT molecular complexity index is 716. The maximum absolute atomic E-state index is 11.9. The molecule has 2 rings (SSSR count). The fourth-order valence-corrected chi connectivity index (χ4v) is 2.43. The molecule has 0 bridgehead atoms. The molecule has 1 N–H and O–H groups in total. The third-order valence-electron chi connectivity index (χ3n) is 3.65. The molecule has 1 amide bonds. The van der Waals surface area contributed by atoms with Crippen molar-refractivity contribution in [2.45, 2.75) is 26.2 Å². The van der Waals surface area contributed by atoms with Crippen LogP contribution in [0.25, 0.3) is 0 Å². The average molecular weight is 391 g/mol. The third kappa shape index (κ3) is 5.16. The van der Waals surface area contributed by atoms with Crippen LogP contribution in [0.15, 0.2) is 47.2 Å². The van der Waals surface area contributed by atoms with Gasteiger partial charge in [0.05, 0.1) is 5.56 Å². The van der Waals surface area contributed by atoms with Crippen LogP contribution in [0.5, 0.6) is 0 Å². The summed E-state index contributed by atoms with van der Waals surface area (Å²) < 4.78 is 5.65. The highest BCUT2D eigenvalue weighted by Gasteiger charge is 2.11. The summed E-state index contributed by atoms with van der Waals surface area (Å²) in [6.07, 6.45) is 4.01. The first kappa shape index (κ1) is 18.1. The highest BCUT2D eigenvalue weighted by atomic mass is 79.9. The second-order valence-corrected chi connectivity index (χ2v) is 6.36. The zero-order valence-electron chi connectivity index (χ0n) is 13.6. The number of nitrogens with one attached hydrogen (secondary N) is 1. The summed E-state index contributed by atoms with van der Waals surface area (Å²) in [6.45, 7) is 3.94. The number of carbonyl (C=O) groups is 2. The quantitative estimate of drug-likeness (QED) is 0.752. The maximum Gasteiger partial charge on any atom is 0.340 e. The van der Waals surface area contributed by atoms with E-state index in [1.165, 1.54) is 11.8 Å². The van der Waals surface area contributed by atoms with E-state index >= 15 is 0 Å². The first-order valence-electron chi connectivity index (χ1n) is 7.67. The number of pyridine rings is 1. The van der Waals surface area contributed by atoms with Gasteiger partial charge in [-0.15, -0.1) is 0 Å². The number of rotatable bonds is 6. The summed E-state index contributed by atoms with van der Waals surface area (Å²) in [6, 6.07) is 9.26. The molecule has 2 aromatic rings. The van der Waals surface area contributed by atoms with Crippen LogP contribution >= 0.6 is 15.9 Å². The molecule has 0 radical (unpaired) electrons. The molecule has 1 aromatic heterocycles. The molecule has 0 saturated heterocycles. The number of anilines is 1. The first-order valence-corrected chi connectivity index (χ1v) is 8.46. The summed E-state index contributed by atoms with van der Waals surface area (Å²) in [4.78, 5) is 27.6. The first-order chi connectivity index (χ1) is 11.5. The zero-order chi connectivity index (χ0) is 17.5. The molecule has 0 aliphatic heterocycles. The molecule has 1 aromatic carbocycles. The molecule has 6 heteroatoms. The second kappa shape index (κ2) is 8.59. The Morgan fingerprint density at radius 1 is 1.25 bits per heavy atom. The van der Waals surface area contributed by atoms with Crippen molar-refractivity contribution in [1.82, 2.24) is 4.98 Å². The normalized spacial score (nSPS) is 11.6. The number of esters is 1. The lowest BCUT2D eigenvalue weighted by Gasteiger charge is -2.10. The Morgan fingerprint density at radius 2 is 1.96 bits per heavy atom. The average Bonchev–Trinajstić information content (AvgIpc) is 2.59. The van der Waals surface area contributed by atoms with Crippen molar-refractivity contribution in [3.63, 3.8) is 0 Å². The van der Waals surface area contributed by atoms with E-state index in [0.717, 1.165) is 6.42 Å². The van der Waals surface area contributed by atoms with Crippen LogP contribution in [0.3, 0.4) is 0 Å². The van der Waals surface area contributed by atoms with Gasteiger partial charge >= 0.3 is 5.97 Å². The van der Waals surface area contributed by atoms with Gasteiger partial charge in [0.2, 0.25) is 0 Å². The summed E-state index contributed by atoms with van der Waals surface area (Å²) in [5.41, 5.74) is 2.19. The van der Waals surface area contributed by atoms with E-state index < -0.39 is 5.97 Å². The van der Waals surface area contributed by atoms with E-state index in [1.54, 1.807) is 12.3 Å². The topological polar surface area (TPSA) is 68.3 Å². The number of hydrogen-bond donors (Lipinski definition) is 1. The maximum atomic E-state index is 11.9. The molecular formula is C18H19BrN2O3. The van der Waals surface area contributed by atoms with Crippen LogP contribution in [0, 0.1) is 0 Å². The van der Waals surface area contributed by atoms with Gasteiger partial charge in [0.1, 0.15) is 0 Å². The van der Waals surface area contributed by atoms with E-state index in [0.29, 0.717) is 16.1 Å². The molecule has 1 unspecified atom stereocenters. The Balaban J connectivity index is 1.86. The zero-order valence-corrected chi connectivity index (χ0v) is 15.2. The van der Waals surface area contributed by atoms with Crippen LogP contribution in [0.4, 0.5) is 5.69 Å². The Hall–Kier alpha value is -2.21. The van der Waals surface area contributed by atoms with Gasteiger partial charge in [-0.1, -0.05) is 26.0 Å². The van der Waals surface area contributed by atoms with Crippen LogP contribution in [-0.4, -0.2) is 23.5 Å².